The monoisotopic (exact) mass is 218 g/mol. The summed E-state index contributed by atoms with van der Waals surface area (Å²) in [4.78, 5) is 18.5. The molecule has 0 atom stereocenters. The average Bonchev–Trinajstić information content (AvgIpc) is 2.78. The van der Waals surface area contributed by atoms with E-state index < -0.39 is 0 Å². The zero-order chi connectivity index (χ0) is 11.4. The van der Waals surface area contributed by atoms with E-state index in [0.717, 1.165) is 24.2 Å². The van der Waals surface area contributed by atoms with Gasteiger partial charge in [-0.25, -0.2) is 0 Å². The molecular formula is C12H14N2O2. The minimum atomic E-state index is 0.0573. The van der Waals surface area contributed by atoms with Crippen molar-refractivity contribution < 1.29 is 9.63 Å². The van der Waals surface area contributed by atoms with Crippen LogP contribution in [0.15, 0.2) is 35.5 Å². The highest BCUT2D eigenvalue weighted by Crippen LogP contribution is 2.11. The smallest absolute Gasteiger partial charge is 0.254 e. The number of carbonyl (C=O) groups is 1. The fourth-order valence-corrected chi connectivity index (χ4v) is 1.78. The Morgan fingerprint density at radius 1 is 1.38 bits per heavy atom. The molecule has 0 aliphatic carbocycles. The van der Waals surface area contributed by atoms with Crippen LogP contribution in [0.25, 0.3) is 0 Å². The first-order chi connectivity index (χ1) is 7.81. The lowest BCUT2D eigenvalue weighted by Gasteiger charge is -2.14. The van der Waals surface area contributed by atoms with Crippen molar-refractivity contribution in [2.24, 2.45) is 5.16 Å². The van der Waals surface area contributed by atoms with Gasteiger partial charge in [0.15, 0.2) is 0 Å². The molecule has 1 saturated heterocycles. The summed E-state index contributed by atoms with van der Waals surface area (Å²) in [6.07, 6.45) is 0.798. The van der Waals surface area contributed by atoms with Crippen molar-refractivity contribution in [2.45, 2.75) is 6.42 Å². The third kappa shape index (κ3) is 2.21. The molecule has 0 aromatic heterocycles. The topological polar surface area (TPSA) is 41.9 Å². The summed E-state index contributed by atoms with van der Waals surface area (Å²) in [7, 11) is 1.52. The fourth-order valence-electron chi connectivity index (χ4n) is 1.78. The molecule has 0 spiro atoms. The van der Waals surface area contributed by atoms with E-state index >= 15 is 0 Å². The second-order valence-electron chi connectivity index (χ2n) is 3.68. The number of oxime groups is 1. The van der Waals surface area contributed by atoms with E-state index in [4.69, 9.17) is 4.84 Å². The van der Waals surface area contributed by atoms with Crippen molar-refractivity contribution in [2.75, 3.05) is 20.2 Å². The summed E-state index contributed by atoms with van der Waals surface area (Å²) in [5, 5.41) is 3.87. The van der Waals surface area contributed by atoms with Gasteiger partial charge in [0.25, 0.3) is 5.91 Å². The van der Waals surface area contributed by atoms with E-state index in [-0.39, 0.29) is 5.91 Å². The van der Waals surface area contributed by atoms with E-state index in [1.54, 1.807) is 4.90 Å². The van der Waals surface area contributed by atoms with Gasteiger partial charge in [0.2, 0.25) is 0 Å². The van der Waals surface area contributed by atoms with Crippen LogP contribution in [0.2, 0.25) is 0 Å². The molecule has 16 heavy (non-hydrogen) atoms. The van der Waals surface area contributed by atoms with Gasteiger partial charge in [-0.3, -0.25) is 4.79 Å². The number of hydrogen-bond donors (Lipinski definition) is 0. The molecule has 0 radical (unpaired) electrons. The molecule has 4 heteroatoms. The summed E-state index contributed by atoms with van der Waals surface area (Å²) < 4.78 is 0. The second-order valence-corrected chi connectivity index (χ2v) is 3.68. The van der Waals surface area contributed by atoms with Crippen molar-refractivity contribution in [3.05, 3.63) is 35.9 Å². The first-order valence-electron chi connectivity index (χ1n) is 5.24. The Balaban J connectivity index is 2.05. The molecule has 0 N–H and O–H groups in total. The van der Waals surface area contributed by atoms with Crippen LogP contribution in [0.5, 0.6) is 0 Å². The lowest BCUT2D eigenvalue weighted by molar-refractivity contribution is 0.0798. The minimum Gasteiger partial charge on any atom is -0.399 e. The number of likely N-dealkylation sites (tertiary alicyclic amines) is 1. The van der Waals surface area contributed by atoms with E-state index in [2.05, 4.69) is 5.16 Å². The van der Waals surface area contributed by atoms with Crippen LogP contribution < -0.4 is 0 Å². The highest BCUT2D eigenvalue weighted by molar-refractivity contribution is 5.99. The normalized spacial score (nSPS) is 17.8. The maximum absolute atomic E-state index is 12.0. The SMILES string of the molecule is CO/N=C1/CCN(C(=O)c2ccccc2)C1. The predicted molar refractivity (Wildman–Crippen MR) is 61.4 cm³/mol. The molecule has 1 aromatic rings. The van der Waals surface area contributed by atoms with Gasteiger partial charge in [0.05, 0.1) is 12.3 Å². The largest absolute Gasteiger partial charge is 0.399 e. The molecule has 84 valence electrons. The molecule has 0 unspecified atom stereocenters. The Hall–Kier alpha value is -1.84. The number of amides is 1. The number of hydrogen-bond acceptors (Lipinski definition) is 3. The van der Waals surface area contributed by atoms with E-state index in [0.29, 0.717) is 6.54 Å². The summed E-state index contributed by atoms with van der Waals surface area (Å²) in [6, 6.07) is 9.29. The molecule has 1 fully saturated rings. The quantitative estimate of drug-likeness (QED) is 0.706. The standard InChI is InChI=1S/C12H14N2O2/c1-16-13-11-7-8-14(9-11)12(15)10-5-3-2-4-6-10/h2-6H,7-9H2,1H3/b13-11-. The van der Waals surface area contributed by atoms with Crippen molar-refractivity contribution in [3.63, 3.8) is 0 Å². The molecule has 1 aliphatic rings. The Labute approximate surface area is 94.5 Å². The Morgan fingerprint density at radius 3 is 2.81 bits per heavy atom. The van der Waals surface area contributed by atoms with Crippen molar-refractivity contribution in [1.82, 2.24) is 4.90 Å². The zero-order valence-electron chi connectivity index (χ0n) is 9.22. The molecule has 1 aliphatic heterocycles. The number of carbonyl (C=O) groups excluding carboxylic acids is 1. The van der Waals surface area contributed by atoms with Crippen molar-refractivity contribution >= 4 is 11.6 Å². The Bertz CT molecular complexity index is 401. The number of rotatable bonds is 2. The maximum Gasteiger partial charge on any atom is 0.254 e. The molecule has 1 aromatic carbocycles. The van der Waals surface area contributed by atoms with Gasteiger partial charge in [-0.1, -0.05) is 23.4 Å². The van der Waals surface area contributed by atoms with Gasteiger partial charge in [-0.05, 0) is 12.1 Å². The van der Waals surface area contributed by atoms with Gasteiger partial charge in [0.1, 0.15) is 7.11 Å². The fraction of sp³-hybridized carbons (Fsp3) is 0.333. The predicted octanol–water partition coefficient (Wildman–Crippen LogP) is 1.53. The van der Waals surface area contributed by atoms with Crippen LogP contribution >= 0.6 is 0 Å². The first kappa shape index (κ1) is 10.7. The van der Waals surface area contributed by atoms with E-state index in [1.807, 2.05) is 30.3 Å². The summed E-state index contributed by atoms with van der Waals surface area (Å²) >= 11 is 0. The molecule has 0 bridgehead atoms. The average molecular weight is 218 g/mol. The van der Waals surface area contributed by atoms with Crippen LogP contribution in [-0.2, 0) is 4.84 Å². The Kier molecular flexibility index (Phi) is 3.19. The molecular weight excluding hydrogens is 204 g/mol. The summed E-state index contributed by atoms with van der Waals surface area (Å²) in [6.45, 7) is 1.29. The third-order valence-corrected chi connectivity index (χ3v) is 2.57. The van der Waals surface area contributed by atoms with Crippen LogP contribution in [-0.4, -0.2) is 36.7 Å². The lowest BCUT2D eigenvalue weighted by atomic mass is 10.2. The van der Waals surface area contributed by atoms with E-state index in [1.165, 1.54) is 7.11 Å². The van der Waals surface area contributed by atoms with E-state index in [9.17, 15) is 4.79 Å². The second kappa shape index (κ2) is 4.79. The van der Waals surface area contributed by atoms with Gasteiger partial charge >= 0.3 is 0 Å². The van der Waals surface area contributed by atoms with Gasteiger partial charge < -0.3 is 9.74 Å². The first-order valence-corrected chi connectivity index (χ1v) is 5.24. The summed E-state index contributed by atoms with van der Waals surface area (Å²) in [5.41, 5.74) is 1.65. The van der Waals surface area contributed by atoms with Crippen LogP contribution in [0.1, 0.15) is 16.8 Å². The molecule has 1 amide bonds. The lowest BCUT2D eigenvalue weighted by Crippen LogP contribution is -2.28. The highest BCUT2D eigenvalue weighted by Gasteiger charge is 2.23. The number of benzene rings is 1. The Morgan fingerprint density at radius 2 is 2.12 bits per heavy atom. The zero-order valence-corrected chi connectivity index (χ0v) is 9.22. The van der Waals surface area contributed by atoms with Crippen molar-refractivity contribution in [1.29, 1.82) is 0 Å². The van der Waals surface area contributed by atoms with Crippen LogP contribution in [0.3, 0.4) is 0 Å². The van der Waals surface area contributed by atoms with Gasteiger partial charge in [-0.15, -0.1) is 0 Å². The molecule has 1 heterocycles. The number of nitrogens with zero attached hydrogens (tertiary/aromatic N) is 2. The minimum absolute atomic E-state index is 0.0573. The van der Waals surface area contributed by atoms with Gasteiger partial charge in [-0.2, -0.15) is 0 Å². The highest BCUT2D eigenvalue weighted by atomic mass is 16.6. The molecule has 4 nitrogen and oxygen atoms in total. The van der Waals surface area contributed by atoms with Crippen LogP contribution in [0, 0.1) is 0 Å². The third-order valence-electron chi connectivity index (χ3n) is 2.57. The van der Waals surface area contributed by atoms with Crippen LogP contribution in [0.4, 0.5) is 0 Å². The van der Waals surface area contributed by atoms with Crippen molar-refractivity contribution in [3.8, 4) is 0 Å². The molecule has 0 saturated carbocycles. The molecule has 2 rings (SSSR count). The van der Waals surface area contributed by atoms with Gasteiger partial charge in [0, 0.05) is 18.5 Å². The summed E-state index contributed by atoms with van der Waals surface area (Å²) in [5.74, 6) is 0.0573. The maximum atomic E-state index is 12.0.